The van der Waals surface area contributed by atoms with Crippen molar-refractivity contribution in [2.75, 3.05) is 6.61 Å². The molecule has 0 aliphatic heterocycles. The number of carbonyl (C=O) groups excluding carboxylic acids is 1. The lowest BCUT2D eigenvalue weighted by atomic mass is 9.85. The summed E-state index contributed by atoms with van der Waals surface area (Å²) >= 11 is 12.0. The Labute approximate surface area is 157 Å². The van der Waals surface area contributed by atoms with Crippen LogP contribution in [-0.4, -0.2) is 12.9 Å². The molecule has 6 heteroatoms. The zero-order valence-electron chi connectivity index (χ0n) is 12.9. The van der Waals surface area contributed by atoms with E-state index < -0.39 is 5.54 Å². The van der Waals surface area contributed by atoms with Gasteiger partial charge in [-0.05, 0) is 54.2 Å². The van der Waals surface area contributed by atoms with E-state index in [1.165, 1.54) is 12.8 Å². The van der Waals surface area contributed by atoms with Crippen molar-refractivity contribution >= 4 is 41.9 Å². The van der Waals surface area contributed by atoms with E-state index in [-0.39, 0.29) is 12.4 Å². The number of carbonyl (C=O) groups is 1. The molecule has 3 nitrogen and oxygen atoms in total. The summed E-state index contributed by atoms with van der Waals surface area (Å²) in [6.45, 7) is 0.744. The second-order valence-corrected chi connectivity index (χ2v) is 6.71. The SMILES string of the molecule is Cl.NC(C=O)(c1ccc(OCC2CC2)cc1)c1ccc(Cl)c(Cl)c1. The second-order valence-electron chi connectivity index (χ2n) is 5.89. The van der Waals surface area contributed by atoms with E-state index in [1.807, 2.05) is 12.1 Å². The minimum Gasteiger partial charge on any atom is -0.493 e. The lowest BCUT2D eigenvalue weighted by molar-refractivity contribution is -0.111. The number of aldehydes is 1. The van der Waals surface area contributed by atoms with E-state index in [0.29, 0.717) is 33.4 Å². The third kappa shape index (κ3) is 4.04. The average Bonchev–Trinajstić information content (AvgIpc) is 3.39. The van der Waals surface area contributed by atoms with Crippen LogP contribution in [0.25, 0.3) is 0 Å². The summed E-state index contributed by atoms with van der Waals surface area (Å²) in [6.07, 6.45) is 3.20. The predicted octanol–water partition coefficient (Wildman–Crippen LogP) is 4.61. The van der Waals surface area contributed by atoms with Gasteiger partial charge in [0.05, 0.1) is 16.7 Å². The molecule has 3 rings (SSSR count). The third-order valence-electron chi connectivity index (χ3n) is 4.10. The van der Waals surface area contributed by atoms with E-state index in [1.54, 1.807) is 30.3 Å². The van der Waals surface area contributed by atoms with Gasteiger partial charge in [-0.2, -0.15) is 0 Å². The molecular formula is C18H18Cl3NO2. The first-order valence-corrected chi connectivity index (χ1v) is 8.22. The maximum absolute atomic E-state index is 11.7. The van der Waals surface area contributed by atoms with Crippen LogP contribution in [0.1, 0.15) is 24.0 Å². The molecule has 0 saturated heterocycles. The first kappa shape index (κ1) is 19.1. The van der Waals surface area contributed by atoms with Gasteiger partial charge in [0.2, 0.25) is 0 Å². The number of ether oxygens (including phenoxy) is 1. The van der Waals surface area contributed by atoms with Gasteiger partial charge in [0.1, 0.15) is 17.6 Å². The number of hydrogen-bond donors (Lipinski definition) is 1. The summed E-state index contributed by atoms with van der Waals surface area (Å²) in [7, 11) is 0. The highest BCUT2D eigenvalue weighted by molar-refractivity contribution is 6.42. The Hall–Kier alpha value is -1.26. The van der Waals surface area contributed by atoms with Gasteiger partial charge in [-0.25, -0.2) is 0 Å². The van der Waals surface area contributed by atoms with E-state index in [2.05, 4.69) is 0 Å². The Morgan fingerprint density at radius 1 is 1.08 bits per heavy atom. The van der Waals surface area contributed by atoms with Crippen molar-refractivity contribution in [3.05, 3.63) is 63.6 Å². The first-order valence-electron chi connectivity index (χ1n) is 7.47. The Morgan fingerprint density at radius 2 is 1.71 bits per heavy atom. The zero-order chi connectivity index (χ0) is 16.4. The third-order valence-corrected chi connectivity index (χ3v) is 4.84. The van der Waals surface area contributed by atoms with Crippen molar-refractivity contribution in [2.45, 2.75) is 18.4 Å². The molecule has 0 spiro atoms. The molecular weight excluding hydrogens is 369 g/mol. The van der Waals surface area contributed by atoms with Crippen molar-refractivity contribution in [2.24, 2.45) is 11.7 Å². The van der Waals surface area contributed by atoms with Gasteiger partial charge in [0.15, 0.2) is 0 Å². The number of rotatable bonds is 6. The monoisotopic (exact) mass is 385 g/mol. The highest BCUT2D eigenvalue weighted by atomic mass is 35.5. The van der Waals surface area contributed by atoms with Crippen molar-refractivity contribution in [1.29, 1.82) is 0 Å². The van der Waals surface area contributed by atoms with Crippen LogP contribution in [0.5, 0.6) is 5.75 Å². The van der Waals surface area contributed by atoms with Crippen LogP contribution in [0.3, 0.4) is 0 Å². The molecule has 24 heavy (non-hydrogen) atoms. The van der Waals surface area contributed by atoms with Crippen molar-refractivity contribution < 1.29 is 9.53 Å². The van der Waals surface area contributed by atoms with Crippen LogP contribution in [0, 0.1) is 5.92 Å². The molecule has 1 atom stereocenters. The smallest absolute Gasteiger partial charge is 0.148 e. The van der Waals surface area contributed by atoms with Gasteiger partial charge < -0.3 is 15.3 Å². The molecule has 1 fully saturated rings. The molecule has 1 unspecified atom stereocenters. The standard InChI is InChI=1S/C18H17Cl2NO2.ClH/c19-16-8-5-14(9-17(16)20)18(21,11-22)13-3-6-15(7-4-13)23-10-12-1-2-12;/h3-9,11-12H,1-2,10,21H2;1H. The summed E-state index contributed by atoms with van der Waals surface area (Å²) in [5.41, 5.74) is 6.32. The molecule has 1 saturated carbocycles. The quantitative estimate of drug-likeness (QED) is 0.738. The fourth-order valence-corrected chi connectivity index (χ4v) is 2.68. The van der Waals surface area contributed by atoms with Gasteiger partial charge in [0.25, 0.3) is 0 Å². The second kappa shape index (κ2) is 7.75. The number of halogens is 3. The molecule has 128 valence electrons. The van der Waals surface area contributed by atoms with Gasteiger partial charge in [-0.1, -0.05) is 41.4 Å². The maximum Gasteiger partial charge on any atom is 0.148 e. The molecule has 2 N–H and O–H groups in total. The fourth-order valence-electron chi connectivity index (χ4n) is 2.38. The minimum absolute atomic E-state index is 0. The fraction of sp³-hybridized carbons (Fsp3) is 0.278. The van der Waals surface area contributed by atoms with Gasteiger partial charge in [0, 0.05) is 0 Å². The van der Waals surface area contributed by atoms with Gasteiger partial charge in [-0.15, -0.1) is 12.4 Å². The Bertz CT molecular complexity index is 717. The average molecular weight is 387 g/mol. The molecule has 2 aromatic carbocycles. The summed E-state index contributed by atoms with van der Waals surface area (Å²) < 4.78 is 5.70. The summed E-state index contributed by atoms with van der Waals surface area (Å²) in [4.78, 5) is 11.7. The largest absolute Gasteiger partial charge is 0.493 e. The minimum atomic E-state index is -1.27. The van der Waals surface area contributed by atoms with Crippen LogP contribution in [-0.2, 0) is 10.3 Å². The number of benzene rings is 2. The molecule has 0 bridgehead atoms. The summed E-state index contributed by atoms with van der Waals surface area (Å²) in [6, 6.07) is 12.2. The van der Waals surface area contributed by atoms with Crippen LogP contribution in [0.15, 0.2) is 42.5 Å². The molecule has 0 amide bonds. The molecule has 0 aromatic heterocycles. The topological polar surface area (TPSA) is 52.3 Å². The van der Waals surface area contributed by atoms with Crippen LogP contribution >= 0.6 is 35.6 Å². The van der Waals surface area contributed by atoms with Crippen molar-refractivity contribution in [3.63, 3.8) is 0 Å². The molecule has 2 aromatic rings. The van der Waals surface area contributed by atoms with Crippen LogP contribution in [0.4, 0.5) is 0 Å². The Kier molecular flexibility index (Phi) is 6.16. The van der Waals surface area contributed by atoms with Crippen LogP contribution < -0.4 is 10.5 Å². The highest BCUT2D eigenvalue weighted by Crippen LogP contribution is 2.32. The maximum atomic E-state index is 11.7. The predicted molar refractivity (Wildman–Crippen MR) is 99.4 cm³/mol. The van der Waals surface area contributed by atoms with Gasteiger partial charge in [-0.3, -0.25) is 0 Å². The lowest BCUT2D eigenvalue weighted by Crippen LogP contribution is -2.39. The molecule has 0 heterocycles. The van der Waals surface area contributed by atoms with Crippen molar-refractivity contribution in [3.8, 4) is 5.75 Å². The molecule has 1 aliphatic rings. The Balaban J connectivity index is 0.00000208. The van der Waals surface area contributed by atoms with Crippen molar-refractivity contribution in [1.82, 2.24) is 0 Å². The first-order chi connectivity index (χ1) is 11.0. The lowest BCUT2D eigenvalue weighted by Gasteiger charge is -2.25. The summed E-state index contributed by atoms with van der Waals surface area (Å²) in [5, 5.41) is 0.790. The summed E-state index contributed by atoms with van der Waals surface area (Å²) in [5.74, 6) is 1.47. The molecule has 1 aliphatic carbocycles. The highest BCUT2D eigenvalue weighted by Gasteiger charge is 2.30. The Morgan fingerprint density at radius 3 is 2.25 bits per heavy atom. The van der Waals surface area contributed by atoms with E-state index >= 15 is 0 Å². The molecule has 0 radical (unpaired) electrons. The zero-order valence-corrected chi connectivity index (χ0v) is 15.2. The van der Waals surface area contributed by atoms with Crippen LogP contribution in [0.2, 0.25) is 10.0 Å². The van der Waals surface area contributed by atoms with Gasteiger partial charge >= 0.3 is 0 Å². The van der Waals surface area contributed by atoms with E-state index in [0.717, 1.165) is 12.4 Å². The number of nitrogens with two attached hydrogens (primary N) is 1. The van der Waals surface area contributed by atoms with E-state index in [9.17, 15) is 4.79 Å². The van der Waals surface area contributed by atoms with E-state index in [4.69, 9.17) is 33.7 Å². The normalized spacial score (nSPS) is 16.0. The number of hydrogen-bond acceptors (Lipinski definition) is 3.